The van der Waals surface area contributed by atoms with Crippen LogP contribution in [-0.4, -0.2) is 37.2 Å². The second-order valence-electron chi connectivity index (χ2n) is 6.43. The molecule has 2 aromatic rings. The lowest BCUT2D eigenvalue weighted by Crippen LogP contribution is -2.52. The van der Waals surface area contributed by atoms with E-state index in [0.717, 1.165) is 11.1 Å². The van der Waals surface area contributed by atoms with Crippen molar-refractivity contribution in [1.82, 2.24) is 4.90 Å². The van der Waals surface area contributed by atoms with Crippen LogP contribution in [0.4, 0.5) is 0 Å². The minimum atomic E-state index is -0.818. The summed E-state index contributed by atoms with van der Waals surface area (Å²) < 4.78 is 11.3. The standard InChI is InChI=1S/C19H22N2O3/c1-21(2)13-19(20)11-16-15(9-6-10-17(16)24-19)18(22)23-12-14-7-4-3-5-8-14/h3-10H,11-13,20H2,1-2H3. The van der Waals surface area contributed by atoms with Gasteiger partial charge < -0.3 is 14.4 Å². The van der Waals surface area contributed by atoms with Gasteiger partial charge in [0.1, 0.15) is 12.4 Å². The number of rotatable bonds is 5. The van der Waals surface area contributed by atoms with Crippen LogP contribution >= 0.6 is 0 Å². The average molecular weight is 326 g/mol. The molecule has 0 aromatic heterocycles. The minimum Gasteiger partial charge on any atom is -0.471 e. The Morgan fingerprint density at radius 1 is 1.21 bits per heavy atom. The topological polar surface area (TPSA) is 64.8 Å². The van der Waals surface area contributed by atoms with E-state index in [1.165, 1.54) is 0 Å². The minimum absolute atomic E-state index is 0.246. The van der Waals surface area contributed by atoms with E-state index in [0.29, 0.717) is 24.3 Å². The van der Waals surface area contributed by atoms with Gasteiger partial charge in [0.05, 0.1) is 12.1 Å². The summed E-state index contributed by atoms with van der Waals surface area (Å²) in [4.78, 5) is 14.5. The summed E-state index contributed by atoms with van der Waals surface area (Å²) in [5, 5.41) is 0. The Balaban J connectivity index is 1.75. The van der Waals surface area contributed by atoms with Gasteiger partial charge in [0.2, 0.25) is 0 Å². The molecule has 1 heterocycles. The fourth-order valence-electron chi connectivity index (χ4n) is 3.01. The average Bonchev–Trinajstić information content (AvgIpc) is 2.88. The summed E-state index contributed by atoms with van der Waals surface area (Å²) >= 11 is 0. The Labute approximate surface area is 142 Å². The highest BCUT2D eigenvalue weighted by molar-refractivity contribution is 5.92. The van der Waals surface area contributed by atoms with Gasteiger partial charge in [-0.1, -0.05) is 36.4 Å². The van der Waals surface area contributed by atoms with Crippen LogP contribution in [0.2, 0.25) is 0 Å². The monoisotopic (exact) mass is 326 g/mol. The Bertz CT molecular complexity index is 731. The van der Waals surface area contributed by atoms with Gasteiger partial charge in [0.15, 0.2) is 5.72 Å². The zero-order valence-corrected chi connectivity index (χ0v) is 14.0. The van der Waals surface area contributed by atoms with Crippen molar-refractivity contribution in [3.05, 3.63) is 65.2 Å². The van der Waals surface area contributed by atoms with Crippen LogP contribution in [-0.2, 0) is 17.8 Å². The third-order valence-electron chi connectivity index (χ3n) is 3.94. The van der Waals surface area contributed by atoms with Crippen LogP contribution in [0.3, 0.4) is 0 Å². The van der Waals surface area contributed by atoms with E-state index in [1.807, 2.05) is 55.4 Å². The van der Waals surface area contributed by atoms with E-state index >= 15 is 0 Å². The smallest absolute Gasteiger partial charge is 0.338 e. The zero-order valence-electron chi connectivity index (χ0n) is 14.0. The third kappa shape index (κ3) is 3.58. The molecule has 0 spiro atoms. The van der Waals surface area contributed by atoms with Crippen molar-refractivity contribution >= 4 is 5.97 Å². The Hall–Kier alpha value is -2.37. The van der Waals surface area contributed by atoms with Crippen molar-refractivity contribution in [3.8, 4) is 5.75 Å². The van der Waals surface area contributed by atoms with Crippen molar-refractivity contribution in [2.24, 2.45) is 5.73 Å². The molecule has 0 amide bonds. The summed E-state index contributed by atoms with van der Waals surface area (Å²) in [5.74, 6) is 0.307. The van der Waals surface area contributed by atoms with Gasteiger partial charge in [0, 0.05) is 12.0 Å². The van der Waals surface area contributed by atoms with Crippen LogP contribution < -0.4 is 10.5 Å². The lowest BCUT2D eigenvalue weighted by molar-refractivity contribution is 0.0471. The van der Waals surface area contributed by atoms with Gasteiger partial charge in [-0.3, -0.25) is 5.73 Å². The number of carbonyl (C=O) groups is 1. The Kier molecular flexibility index (Phi) is 4.55. The molecule has 3 rings (SSSR count). The number of hydrogen-bond acceptors (Lipinski definition) is 5. The van der Waals surface area contributed by atoms with Crippen molar-refractivity contribution in [1.29, 1.82) is 0 Å². The van der Waals surface area contributed by atoms with E-state index in [-0.39, 0.29) is 12.6 Å². The molecular formula is C19H22N2O3. The van der Waals surface area contributed by atoms with E-state index in [1.54, 1.807) is 12.1 Å². The zero-order chi connectivity index (χ0) is 17.2. The van der Waals surface area contributed by atoms with Crippen LogP contribution in [0.1, 0.15) is 21.5 Å². The first kappa shape index (κ1) is 16.5. The number of ether oxygens (including phenoxy) is 2. The fourth-order valence-corrected chi connectivity index (χ4v) is 3.01. The third-order valence-corrected chi connectivity index (χ3v) is 3.94. The number of esters is 1. The molecule has 5 nitrogen and oxygen atoms in total. The van der Waals surface area contributed by atoms with Gasteiger partial charge in [-0.25, -0.2) is 4.79 Å². The second-order valence-corrected chi connectivity index (χ2v) is 6.43. The van der Waals surface area contributed by atoms with Crippen molar-refractivity contribution in [2.45, 2.75) is 18.8 Å². The maximum Gasteiger partial charge on any atom is 0.338 e. The fraction of sp³-hybridized carbons (Fsp3) is 0.316. The second kappa shape index (κ2) is 6.63. The first-order valence-corrected chi connectivity index (χ1v) is 7.92. The van der Waals surface area contributed by atoms with Gasteiger partial charge in [-0.15, -0.1) is 0 Å². The molecule has 0 saturated heterocycles. The highest BCUT2D eigenvalue weighted by Crippen LogP contribution is 2.35. The van der Waals surface area contributed by atoms with Crippen LogP contribution in [0.5, 0.6) is 5.75 Å². The summed E-state index contributed by atoms with van der Waals surface area (Å²) in [6.07, 6.45) is 0.483. The highest BCUT2D eigenvalue weighted by atomic mass is 16.5. The summed E-state index contributed by atoms with van der Waals surface area (Å²) in [5.41, 5.74) is 7.81. The molecule has 0 fully saturated rings. The van der Waals surface area contributed by atoms with E-state index in [9.17, 15) is 4.79 Å². The number of hydrogen-bond donors (Lipinski definition) is 1. The molecule has 24 heavy (non-hydrogen) atoms. The van der Waals surface area contributed by atoms with Crippen molar-refractivity contribution < 1.29 is 14.3 Å². The quantitative estimate of drug-likeness (QED) is 0.853. The molecule has 0 radical (unpaired) electrons. The Morgan fingerprint density at radius 2 is 1.96 bits per heavy atom. The molecule has 2 aromatic carbocycles. The van der Waals surface area contributed by atoms with E-state index in [2.05, 4.69) is 0 Å². The lowest BCUT2D eigenvalue weighted by Gasteiger charge is -2.27. The number of nitrogens with zero attached hydrogens (tertiary/aromatic N) is 1. The first-order chi connectivity index (χ1) is 11.5. The van der Waals surface area contributed by atoms with E-state index < -0.39 is 5.72 Å². The number of likely N-dealkylation sites (N-methyl/N-ethyl adjacent to an activating group) is 1. The van der Waals surface area contributed by atoms with Crippen LogP contribution in [0, 0.1) is 0 Å². The van der Waals surface area contributed by atoms with Crippen molar-refractivity contribution in [2.75, 3.05) is 20.6 Å². The predicted octanol–water partition coefficient (Wildman–Crippen LogP) is 2.20. The first-order valence-electron chi connectivity index (χ1n) is 7.92. The number of nitrogens with two attached hydrogens (primary N) is 1. The number of fused-ring (bicyclic) bond motifs is 1. The van der Waals surface area contributed by atoms with Gasteiger partial charge in [-0.2, -0.15) is 0 Å². The molecule has 2 N–H and O–H groups in total. The van der Waals surface area contributed by atoms with Crippen LogP contribution in [0.15, 0.2) is 48.5 Å². The molecule has 0 aliphatic carbocycles. The molecule has 1 aliphatic heterocycles. The maximum atomic E-state index is 12.5. The SMILES string of the molecule is CN(C)CC1(N)Cc2c(cccc2C(=O)OCc2ccccc2)O1. The van der Waals surface area contributed by atoms with Gasteiger partial charge in [-0.05, 0) is 31.8 Å². The predicted molar refractivity (Wildman–Crippen MR) is 91.8 cm³/mol. The molecule has 1 unspecified atom stereocenters. The lowest BCUT2D eigenvalue weighted by atomic mass is 10.00. The largest absolute Gasteiger partial charge is 0.471 e. The molecule has 0 saturated carbocycles. The number of carbonyl (C=O) groups excluding carboxylic acids is 1. The Morgan fingerprint density at radius 3 is 2.67 bits per heavy atom. The summed E-state index contributed by atoms with van der Waals surface area (Å²) in [6, 6.07) is 15.0. The summed E-state index contributed by atoms with van der Waals surface area (Å²) in [6.45, 7) is 0.815. The van der Waals surface area contributed by atoms with E-state index in [4.69, 9.17) is 15.2 Å². The molecule has 1 aliphatic rings. The molecular weight excluding hydrogens is 304 g/mol. The molecule has 5 heteroatoms. The van der Waals surface area contributed by atoms with Crippen LogP contribution in [0.25, 0.3) is 0 Å². The normalized spacial score (nSPS) is 19.0. The number of benzene rings is 2. The van der Waals surface area contributed by atoms with Gasteiger partial charge in [0.25, 0.3) is 0 Å². The van der Waals surface area contributed by atoms with Gasteiger partial charge >= 0.3 is 5.97 Å². The van der Waals surface area contributed by atoms with Crippen molar-refractivity contribution in [3.63, 3.8) is 0 Å². The maximum absolute atomic E-state index is 12.5. The molecule has 0 bridgehead atoms. The highest BCUT2D eigenvalue weighted by Gasteiger charge is 2.38. The molecule has 1 atom stereocenters. The molecule has 126 valence electrons. The summed E-state index contributed by atoms with van der Waals surface area (Å²) in [7, 11) is 3.88.